The van der Waals surface area contributed by atoms with E-state index in [0.717, 1.165) is 18.2 Å². The fourth-order valence-corrected chi connectivity index (χ4v) is 1.52. The molecule has 0 saturated carbocycles. The minimum Gasteiger partial charge on any atom is -0.462 e. The third-order valence-electron chi connectivity index (χ3n) is 2.43. The molecule has 0 aromatic heterocycles. The van der Waals surface area contributed by atoms with Crippen molar-refractivity contribution in [1.82, 2.24) is 0 Å². The van der Waals surface area contributed by atoms with Gasteiger partial charge in [0.1, 0.15) is 0 Å². The van der Waals surface area contributed by atoms with Gasteiger partial charge in [-0.3, -0.25) is 0 Å². The predicted octanol–water partition coefficient (Wildman–Crippen LogP) is 2.10. The van der Waals surface area contributed by atoms with Crippen LogP contribution < -0.4 is 5.73 Å². The van der Waals surface area contributed by atoms with E-state index in [1.807, 2.05) is 0 Å². The number of ether oxygens (including phenoxy) is 2. The van der Waals surface area contributed by atoms with Crippen molar-refractivity contribution in [2.45, 2.75) is 19.8 Å². The molecule has 0 heterocycles. The molecule has 0 aliphatic rings. The topological polar surface area (TPSA) is 78.6 Å². The van der Waals surface area contributed by atoms with E-state index in [4.69, 9.17) is 10.5 Å². The van der Waals surface area contributed by atoms with Gasteiger partial charge >= 0.3 is 17.9 Å². The average molecular weight is 287 g/mol. The number of esters is 2. The third kappa shape index (κ3) is 3.23. The smallest absolute Gasteiger partial charge is 0.382 e. The third-order valence-corrected chi connectivity index (χ3v) is 2.43. The molecule has 0 radical (unpaired) electrons. The first-order chi connectivity index (χ1) is 9.34. The Balaban J connectivity index is 3.09. The maximum atomic E-state index is 13.8. The second kappa shape index (κ2) is 6.31. The first-order valence-corrected chi connectivity index (χ1v) is 5.96. The van der Waals surface area contributed by atoms with Crippen LogP contribution in [0, 0.1) is 0 Å². The highest BCUT2D eigenvalue weighted by molar-refractivity contribution is 5.91. The van der Waals surface area contributed by atoms with Gasteiger partial charge < -0.3 is 15.2 Å². The van der Waals surface area contributed by atoms with E-state index in [9.17, 15) is 18.4 Å². The van der Waals surface area contributed by atoms with E-state index in [1.165, 1.54) is 6.92 Å². The number of nitrogens with two attached hydrogens (primary N) is 1. The maximum Gasteiger partial charge on any atom is 0.382 e. The molecule has 20 heavy (non-hydrogen) atoms. The Morgan fingerprint density at radius 3 is 2.30 bits per heavy atom. The zero-order chi connectivity index (χ0) is 15.3. The van der Waals surface area contributed by atoms with Gasteiger partial charge in [0.25, 0.3) is 0 Å². The van der Waals surface area contributed by atoms with Gasteiger partial charge in [0.15, 0.2) is 0 Å². The second-order valence-corrected chi connectivity index (χ2v) is 3.82. The summed E-state index contributed by atoms with van der Waals surface area (Å²) in [5.41, 5.74) is 4.43. The molecule has 1 rings (SSSR count). The van der Waals surface area contributed by atoms with Crippen LogP contribution >= 0.6 is 0 Å². The SMILES string of the molecule is CCOC(=O)c1ccc(C(F)(F)C(=O)OCC)c(N)c1. The normalized spacial score (nSPS) is 11.0. The van der Waals surface area contributed by atoms with Gasteiger partial charge in [-0.25, -0.2) is 9.59 Å². The van der Waals surface area contributed by atoms with Crippen LogP contribution in [0.25, 0.3) is 0 Å². The molecule has 7 heteroatoms. The molecule has 0 bridgehead atoms. The van der Waals surface area contributed by atoms with Crippen molar-refractivity contribution in [2.24, 2.45) is 0 Å². The molecule has 0 spiro atoms. The Kier molecular flexibility index (Phi) is 5.01. The van der Waals surface area contributed by atoms with E-state index in [0.29, 0.717) is 0 Å². The minimum atomic E-state index is -3.87. The molecular weight excluding hydrogens is 272 g/mol. The van der Waals surface area contributed by atoms with Gasteiger partial charge in [-0.05, 0) is 32.0 Å². The number of alkyl halides is 2. The molecule has 5 nitrogen and oxygen atoms in total. The number of carbonyl (C=O) groups is 2. The molecule has 2 N–H and O–H groups in total. The van der Waals surface area contributed by atoms with Crippen molar-refractivity contribution in [3.8, 4) is 0 Å². The lowest BCUT2D eigenvalue weighted by molar-refractivity contribution is -0.173. The molecule has 1 aromatic rings. The van der Waals surface area contributed by atoms with Gasteiger partial charge in [-0.2, -0.15) is 8.78 Å². The number of hydrogen-bond acceptors (Lipinski definition) is 5. The zero-order valence-electron chi connectivity index (χ0n) is 11.1. The summed E-state index contributed by atoms with van der Waals surface area (Å²) in [5.74, 6) is -6.23. The number of nitrogen functional groups attached to an aromatic ring is 1. The molecule has 0 aliphatic heterocycles. The van der Waals surface area contributed by atoms with Crippen molar-refractivity contribution in [2.75, 3.05) is 18.9 Å². The largest absolute Gasteiger partial charge is 0.462 e. The number of carbonyl (C=O) groups excluding carboxylic acids is 2. The monoisotopic (exact) mass is 287 g/mol. The van der Waals surface area contributed by atoms with Crippen LogP contribution in [0.15, 0.2) is 18.2 Å². The number of halogens is 2. The van der Waals surface area contributed by atoms with Crippen molar-refractivity contribution in [3.63, 3.8) is 0 Å². The molecule has 0 aliphatic carbocycles. The van der Waals surface area contributed by atoms with Crippen LogP contribution in [0.1, 0.15) is 29.8 Å². The summed E-state index contributed by atoms with van der Waals surface area (Å²) in [6, 6.07) is 3.08. The molecule has 0 unspecified atom stereocenters. The van der Waals surface area contributed by atoms with Crippen LogP contribution in [-0.2, 0) is 20.2 Å². The average Bonchev–Trinajstić information content (AvgIpc) is 2.38. The first kappa shape index (κ1) is 15.9. The fourth-order valence-electron chi connectivity index (χ4n) is 1.52. The maximum absolute atomic E-state index is 13.8. The number of anilines is 1. The highest BCUT2D eigenvalue weighted by Gasteiger charge is 2.44. The van der Waals surface area contributed by atoms with Crippen LogP contribution in [0.2, 0.25) is 0 Å². The van der Waals surface area contributed by atoms with Crippen molar-refractivity contribution < 1.29 is 27.8 Å². The Labute approximate surface area is 114 Å². The van der Waals surface area contributed by atoms with E-state index >= 15 is 0 Å². The Morgan fingerprint density at radius 1 is 1.20 bits per heavy atom. The lowest BCUT2D eigenvalue weighted by atomic mass is 10.0. The van der Waals surface area contributed by atoms with Crippen LogP contribution in [-0.4, -0.2) is 25.2 Å². The van der Waals surface area contributed by atoms with Crippen LogP contribution in [0.5, 0.6) is 0 Å². The van der Waals surface area contributed by atoms with E-state index in [1.54, 1.807) is 6.92 Å². The predicted molar refractivity (Wildman–Crippen MR) is 67.3 cm³/mol. The van der Waals surface area contributed by atoms with Crippen molar-refractivity contribution >= 4 is 17.6 Å². The Morgan fingerprint density at radius 2 is 1.80 bits per heavy atom. The summed E-state index contributed by atoms with van der Waals surface area (Å²) in [6.45, 7) is 3.01. The number of benzene rings is 1. The van der Waals surface area contributed by atoms with Gasteiger partial charge in [0.05, 0.1) is 24.3 Å². The molecule has 0 atom stereocenters. The van der Waals surface area contributed by atoms with Gasteiger partial charge in [0, 0.05) is 5.69 Å². The van der Waals surface area contributed by atoms with Crippen LogP contribution in [0.3, 0.4) is 0 Å². The van der Waals surface area contributed by atoms with Gasteiger partial charge in [0.2, 0.25) is 0 Å². The highest BCUT2D eigenvalue weighted by atomic mass is 19.3. The van der Waals surface area contributed by atoms with Crippen molar-refractivity contribution in [3.05, 3.63) is 29.3 Å². The Bertz CT molecular complexity index is 517. The molecule has 110 valence electrons. The van der Waals surface area contributed by atoms with E-state index < -0.39 is 23.4 Å². The molecule has 0 fully saturated rings. The number of hydrogen-bond donors (Lipinski definition) is 1. The molecule has 0 amide bonds. The summed E-state index contributed by atoms with van der Waals surface area (Å²) in [7, 11) is 0. The quantitative estimate of drug-likeness (QED) is 0.662. The minimum absolute atomic E-state index is 0.0350. The molecule has 0 saturated heterocycles. The summed E-state index contributed by atoms with van der Waals surface area (Å²) >= 11 is 0. The fraction of sp³-hybridized carbons (Fsp3) is 0.385. The summed E-state index contributed by atoms with van der Waals surface area (Å²) in [5, 5.41) is 0. The van der Waals surface area contributed by atoms with Gasteiger partial charge in [-0.1, -0.05) is 0 Å². The Hall–Kier alpha value is -2.18. The summed E-state index contributed by atoms with van der Waals surface area (Å²) in [6.07, 6.45) is 0. The lowest BCUT2D eigenvalue weighted by Gasteiger charge is -2.17. The standard InChI is InChI=1S/C13H15F2NO4/c1-3-19-11(17)8-5-6-9(10(16)7-8)13(14,15)12(18)20-4-2/h5-7H,3-4,16H2,1-2H3. The van der Waals surface area contributed by atoms with Gasteiger partial charge in [-0.15, -0.1) is 0 Å². The van der Waals surface area contributed by atoms with Crippen molar-refractivity contribution in [1.29, 1.82) is 0 Å². The first-order valence-electron chi connectivity index (χ1n) is 5.96. The van der Waals surface area contributed by atoms with E-state index in [-0.39, 0.29) is 24.5 Å². The van der Waals surface area contributed by atoms with E-state index in [2.05, 4.69) is 4.74 Å². The number of rotatable bonds is 5. The summed E-state index contributed by atoms with van der Waals surface area (Å²) < 4.78 is 36.6. The molecular formula is C13H15F2NO4. The highest BCUT2D eigenvalue weighted by Crippen LogP contribution is 2.34. The molecule has 1 aromatic carbocycles. The zero-order valence-corrected chi connectivity index (χ0v) is 11.1. The second-order valence-electron chi connectivity index (χ2n) is 3.82. The lowest BCUT2D eigenvalue weighted by Crippen LogP contribution is -2.29. The summed E-state index contributed by atoms with van der Waals surface area (Å²) in [4.78, 5) is 22.7. The van der Waals surface area contributed by atoms with Crippen LogP contribution in [0.4, 0.5) is 14.5 Å².